The van der Waals surface area contributed by atoms with Crippen molar-refractivity contribution < 1.29 is 17.6 Å². The molecule has 1 amide bonds. The van der Waals surface area contributed by atoms with Gasteiger partial charge in [-0.2, -0.15) is 0 Å². The van der Waals surface area contributed by atoms with Crippen LogP contribution < -0.4 is 5.14 Å². The van der Waals surface area contributed by atoms with E-state index in [1.807, 2.05) is 30.3 Å². The van der Waals surface area contributed by atoms with E-state index in [1.165, 1.54) is 0 Å². The first kappa shape index (κ1) is 16.7. The Hall–Kier alpha value is -2.12. The van der Waals surface area contributed by atoms with E-state index in [2.05, 4.69) is 0 Å². The molecule has 3 rings (SSSR count). The third-order valence-corrected chi connectivity index (χ3v) is 5.10. The quantitative estimate of drug-likeness (QED) is 0.914. The number of carbonyl (C=O) groups is 1. The van der Waals surface area contributed by atoms with Gasteiger partial charge in [0.1, 0.15) is 11.5 Å². The number of sulfonamides is 1. The molecule has 0 bridgehead atoms. The Kier molecular flexibility index (Phi) is 4.47. The minimum absolute atomic E-state index is 0.0905. The number of rotatable bonds is 4. The van der Waals surface area contributed by atoms with Crippen molar-refractivity contribution in [2.45, 2.75) is 13.3 Å². The molecule has 1 aliphatic heterocycles. The van der Waals surface area contributed by atoms with Gasteiger partial charge in [-0.3, -0.25) is 4.79 Å². The maximum Gasteiger partial charge on any atom is 0.257 e. The number of hydrogen-bond acceptors (Lipinski definition) is 4. The molecule has 1 aromatic carbocycles. The van der Waals surface area contributed by atoms with E-state index < -0.39 is 10.0 Å². The standard InChI is InChI=1S/C17H20N2O4S/c1-12-9-15(16(23-12)14-5-3-2-4-6-14)17(20)19-8-7-13(10-19)11-24(18,21)22/h2-6,9,13H,7-8,10-11H2,1H3,(H2,18,21,22)/t13-/m1/s1. The third kappa shape index (κ3) is 3.68. The van der Waals surface area contributed by atoms with Crippen LogP contribution in [-0.4, -0.2) is 38.1 Å². The lowest BCUT2D eigenvalue weighted by molar-refractivity contribution is 0.0788. The second-order valence-electron chi connectivity index (χ2n) is 6.20. The minimum atomic E-state index is -3.52. The smallest absolute Gasteiger partial charge is 0.257 e. The zero-order valence-electron chi connectivity index (χ0n) is 13.4. The molecular formula is C17H20N2O4S. The maximum absolute atomic E-state index is 12.9. The first-order chi connectivity index (χ1) is 11.3. The average molecular weight is 348 g/mol. The van der Waals surface area contributed by atoms with E-state index in [0.717, 1.165) is 5.56 Å². The fourth-order valence-electron chi connectivity index (χ4n) is 3.13. The van der Waals surface area contributed by atoms with Crippen LogP contribution in [0.1, 0.15) is 22.5 Å². The number of likely N-dealkylation sites (tertiary alicyclic amines) is 1. The SMILES string of the molecule is Cc1cc(C(=O)N2CC[C@@H](CS(N)(=O)=O)C2)c(-c2ccccc2)o1. The van der Waals surface area contributed by atoms with Gasteiger partial charge in [0.2, 0.25) is 10.0 Å². The summed E-state index contributed by atoms with van der Waals surface area (Å²) < 4.78 is 28.2. The minimum Gasteiger partial charge on any atom is -0.461 e. The van der Waals surface area contributed by atoms with Gasteiger partial charge >= 0.3 is 0 Å². The molecular weight excluding hydrogens is 328 g/mol. The Labute approximate surface area is 141 Å². The zero-order valence-corrected chi connectivity index (χ0v) is 14.3. The highest BCUT2D eigenvalue weighted by molar-refractivity contribution is 7.89. The van der Waals surface area contributed by atoms with Crippen molar-refractivity contribution in [1.29, 1.82) is 0 Å². The van der Waals surface area contributed by atoms with Crippen LogP contribution in [-0.2, 0) is 10.0 Å². The third-order valence-electron chi connectivity index (χ3n) is 4.16. The molecule has 7 heteroatoms. The summed E-state index contributed by atoms with van der Waals surface area (Å²) in [5, 5.41) is 5.11. The molecule has 1 aliphatic rings. The number of carbonyl (C=O) groups excluding carboxylic acids is 1. The molecule has 1 atom stereocenters. The van der Waals surface area contributed by atoms with E-state index in [9.17, 15) is 13.2 Å². The number of primary sulfonamides is 1. The fourth-order valence-corrected chi connectivity index (χ4v) is 4.06. The molecule has 0 aliphatic carbocycles. The van der Waals surface area contributed by atoms with E-state index in [1.54, 1.807) is 17.9 Å². The van der Waals surface area contributed by atoms with Gasteiger partial charge in [-0.05, 0) is 25.3 Å². The largest absolute Gasteiger partial charge is 0.461 e. The van der Waals surface area contributed by atoms with Crippen LogP contribution in [0.25, 0.3) is 11.3 Å². The van der Waals surface area contributed by atoms with Gasteiger partial charge in [0.05, 0.1) is 11.3 Å². The summed E-state index contributed by atoms with van der Waals surface area (Å²) in [6.45, 7) is 2.72. The van der Waals surface area contributed by atoms with Gasteiger partial charge in [0.25, 0.3) is 5.91 Å². The highest BCUT2D eigenvalue weighted by Crippen LogP contribution is 2.29. The van der Waals surface area contributed by atoms with Crippen LogP contribution in [0.3, 0.4) is 0 Å². The monoisotopic (exact) mass is 348 g/mol. The van der Waals surface area contributed by atoms with Gasteiger partial charge < -0.3 is 9.32 Å². The summed E-state index contributed by atoms with van der Waals surface area (Å²) in [6.07, 6.45) is 0.639. The lowest BCUT2D eigenvalue weighted by atomic mass is 10.1. The predicted molar refractivity (Wildman–Crippen MR) is 90.9 cm³/mol. The first-order valence-electron chi connectivity index (χ1n) is 7.79. The number of amides is 1. The highest BCUT2D eigenvalue weighted by atomic mass is 32.2. The van der Waals surface area contributed by atoms with Crippen molar-refractivity contribution in [2.75, 3.05) is 18.8 Å². The lowest BCUT2D eigenvalue weighted by Crippen LogP contribution is -2.30. The molecule has 1 fully saturated rings. The summed E-state index contributed by atoms with van der Waals surface area (Å²) in [5.74, 6) is 0.873. The van der Waals surface area contributed by atoms with Crippen LogP contribution in [0.15, 0.2) is 40.8 Å². The topological polar surface area (TPSA) is 93.6 Å². The second kappa shape index (κ2) is 6.41. The van der Waals surface area contributed by atoms with Gasteiger partial charge in [0, 0.05) is 18.7 Å². The molecule has 0 unspecified atom stereocenters. The molecule has 0 radical (unpaired) electrons. The highest BCUT2D eigenvalue weighted by Gasteiger charge is 2.31. The molecule has 128 valence electrons. The molecule has 6 nitrogen and oxygen atoms in total. The molecule has 2 heterocycles. The number of furan rings is 1. The van der Waals surface area contributed by atoms with Gasteiger partial charge in [-0.1, -0.05) is 30.3 Å². The second-order valence-corrected chi connectivity index (χ2v) is 7.86. The average Bonchev–Trinajstić information content (AvgIpc) is 3.12. The summed E-state index contributed by atoms with van der Waals surface area (Å²) in [5.41, 5.74) is 1.35. The Morgan fingerprint density at radius 2 is 2.04 bits per heavy atom. The van der Waals surface area contributed by atoms with Crippen LogP contribution in [0, 0.1) is 12.8 Å². The summed E-state index contributed by atoms with van der Waals surface area (Å²) in [4.78, 5) is 14.5. The summed E-state index contributed by atoms with van der Waals surface area (Å²) in [6, 6.07) is 11.2. The molecule has 2 aromatic rings. The van der Waals surface area contributed by atoms with Crippen molar-refractivity contribution in [3.05, 3.63) is 47.7 Å². The van der Waals surface area contributed by atoms with Crippen molar-refractivity contribution in [2.24, 2.45) is 11.1 Å². The normalized spacial score (nSPS) is 18.1. The van der Waals surface area contributed by atoms with Gasteiger partial charge in [0.15, 0.2) is 0 Å². The number of hydrogen-bond donors (Lipinski definition) is 1. The number of aryl methyl sites for hydroxylation is 1. The van der Waals surface area contributed by atoms with Crippen LogP contribution >= 0.6 is 0 Å². The Morgan fingerprint density at radius 1 is 1.33 bits per heavy atom. The van der Waals surface area contributed by atoms with E-state index in [-0.39, 0.29) is 17.6 Å². The molecule has 24 heavy (non-hydrogen) atoms. The maximum atomic E-state index is 12.9. The van der Waals surface area contributed by atoms with E-state index in [0.29, 0.717) is 36.6 Å². The number of nitrogens with zero attached hydrogens (tertiary/aromatic N) is 1. The molecule has 1 aromatic heterocycles. The van der Waals surface area contributed by atoms with Crippen molar-refractivity contribution >= 4 is 15.9 Å². The lowest BCUT2D eigenvalue weighted by Gasteiger charge is -2.16. The van der Waals surface area contributed by atoms with Gasteiger partial charge in [-0.25, -0.2) is 13.6 Å². The fraction of sp³-hybridized carbons (Fsp3) is 0.353. The Morgan fingerprint density at radius 3 is 2.71 bits per heavy atom. The zero-order chi connectivity index (χ0) is 17.3. The molecule has 1 saturated heterocycles. The van der Waals surface area contributed by atoms with E-state index >= 15 is 0 Å². The van der Waals surface area contributed by atoms with E-state index in [4.69, 9.17) is 9.56 Å². The van der Waals surface area contributed by atoms with Crippen LogP contribution in [0.4, 0.5) is 0 Å². The Balaban J connectivity index is 1.82. The Bertz CT molecular complexity index is 843. The summed E-state index contributed by atoms with van der Waals surface area (Å²) in [7, 11) is -3.52. The van der Waals surface area contributed by atoms with Crippen molar-refractivity contribution in [1.82, 2.24) is 4.90 Å². The number of nitrogens with two attached hydrogens (primary N) is 1. The molecule has 0 spiro atoms. The molecule has 2 N–H and O–H groups in total. The predicted octanol–water partition coefficient (Wildman–Crippen LogP) is 2.01. The van der Waals surface area contributed by atoms with Gasteiger partial charge in [-0.15, -0.1) is 0 Å². The van der Waals surface area contributed by atoms with Crippen LogP contribution in [0.5, 0.6) is 0 Å². The van der Waals surface area contributed by atoms with Crippen LogP contribution in [0.2, 0.25) is 0 Å². The van der Waals surface area contributed by atoms with Crippen molar-refractivity contribution in [3.63, 3.8) is 0 Å². The first-order valence-corrected chi connectivity index (χ1v) is 9.50. The number of benzene rings is 1. The molecule has 0 saturated carbocycles. The van der Waals surface area contributed by atoms with Crippen molar-refractivity contribution in [3.8, 4) is 11.3 Å². The summed E-state index contributed by atoms with van der Waals surface area (Å²) >= 11 is 0.